The monoisotopic (exact) mass is 208 g/mol. The molecule has 1 aliphatic carbocycles. The predicted molar refractivity (Wildman–Crippen MR) is 58.1 cm³/mol. The molecule has 2 rings (SSSR count). The standard InChI is InChI=1S/C11H16N2O2/c1-2-14-11-9(12)6-7-10(13-11)15-8-4-3-5-8/h6-8H,2-5,12H2,1H3. The van der Waals surface area contributed by atoms with Crippen molar-refractivity contribution >= 4 is 5.69 Å². The van der Waals surface area contributed by atoms with E-state index in [1.807, 2.05) is 6.92 Å². The van der Waals surface area contributed by atoms with Gasteiger partial charge in [0.15, 0.2) is 0 Å². The number of ether oxygens (including phenoxy) is 2. The van der Waals surface area contributed by atoms with Crippen molar-refractivity contribution in [1.82, 2.24) is 4.98 Å². The Morgan fingerprint density at radius 3 is 2.87 bits per heavy atom. The summed E-state index contributed by atoms with van der Waals surface area (Å²) in [5.74, 6) is 1.08. The van der Waals surface area contributed by atoms with Gasteiger partial charge in [0, 0.05) is 6.07 Å². The lowest BCUT2D eigenvalue weighted by Crippen LogP contribution is -2.25. The number of nitrogen functional groups attached to an aromatic ring is 1. The van der Waals surface area contributed by atoms with Gasteiger partial charge in [-0.05, 0) is 32.3 Å². The Morgan fingerprint density at radius 1 is 1.47 bits per heavy atom. The number of hydrogen-bond acceptors (Lipinski definition) is 4. The van der Waals surface area contributed by atoms with Crippen molar-refractivity contribution < 1.29 is 9.47 Å². The molecule has 0 spiro atoms. The number of anilines is 1. The zero-order valence-electron chi connectivity index (χ0n) is 8.90. The highest BCUT2D eigenvalue weighted by Crippen LogP contribution is 2.27. The van der Waals surface area contributed by atoms with E-state index in [0.29, 0.717) is 30.2 Å². The Labute approximate surface area is 89.4 Å². The highest BCUT2D eigenvalue weighted by atomic mass is 16.5. The quantitative estimate of drug-likeness (QED) is 0.822. The van der Waals surface area contributed by atoms with Gasteiger partial charge in [0.1, 0.15) is 6.10 Å². The summed E-state index contributed by atoms with van der Waals surface area (Å²) in [6.07, 6.45) is 3.82. The van der Waals surface area contributed by atoms with E-state index in [-0.39, 0.29) is 0 Å². The highest BCUT2D eigenvalue weighted by Gasteiger charge is 2.19. The smallest absolute Gasteiger partial charge is 0.240 e. The van der Waals surface area contributed by atoms with E-state index in [1.165, 1.54) is 6.42 Å². The Morgan fingerprint density at radius 2 is 2.27 bits per heavy atom. The second-order valence-corrected chi connectivity index (χ2v) is 3.65. The molecule has 0 amide bonds. The molecule has 4 nitrogen and oxygen atoms in total. The van der Waals surface area contributed by atoms with Crippen LogP contribution in [0.1, 0.15) is 26.2 Å². The fourth-order valence-electron chi connectivity index (χ4n) is 1.41. The number of nitrogens with zero attached hydrogens (tertiary/aromatic N) is 1. The van der Waals surface area contributed by atoms with E-state index >= 15 is 0 Å². The first-order chi connectivity index (χ1) is 7.29. The molecule has 15 heavy (non-hydrogen) atoms. The lowest BCUT2D eigenvalue weighted by molar-refractivity contribution is 0.113. The average Bonchev–Trinajstić information content (AvgIpc) is 2.17. The third-order valence-electron chi connectivity index (χ3n) is 2.48. The highest BCUT2D eigenvalue weighted by molar-refractivity contribution is 5.49. The lowest BCUT2D eigenvalue weighted by Gasteiger charge is -2.25. The summed E-state index contributed by atoms with van der Waals surface area (Å²) in [6, 6.07) is 3.56. The van der Waals surface area contributed by atoms with Crippen LogP contribution in [-0.2, 0) is 0 Å². The maximum atomic E-state index is 5.71. The van der Waals surface area contributed by atoms with Gasteiger partial charge >= 0.3 is 0 Å². The molecular weight excluding hydrogens is 192 g/mol. The topological polar surface area (TPSA) is 57.4 Å². The Hall–Kier alpha value is -1.45. The van der Waals surface area contributed by atoms with Gasteiger partial charge in [-0.2, -0.15) is 4.98 Å². The molecule has 2 N–H and O–H groups in total. The molecular formula is C11H16N2O2. The number of pyridine rings is 1. The van der Waals surface area contributed by atoms with Crippen molar-refractivity contribution in [3.63, 3.8) is 0 Å². The average molecular weight is 208 g/mol. The first kappa shape index (κ1) is 10.1. The first-order valence-corrected chi connectivity index (χ1v) is 5.35. The zero-order valence-corrected chi connectivity index (χ0v) is 8.90. The van der Waals surface area contributed by atoms with Crippen LogP contribution < -0.4 is 15.2 Å². The summed E-state index contributed by atoms with van der Waals surface area (Å²) >= 11 is 0. The summed E-state index contributed by atoms with van der Waals surface area (Å²) in [5.41, 5.74) is 6.26. The van der Waals surface area contributed by atoms with Crippen LogP contribution in [0.25, 0.3) is 0 Å². The maximum Gasteiger partial charge on any atom is 0.240 e. The summed E-state index contributed by atoms with van der Waals surface area (Å²) < 4.78 is 10.9. The number of hydrogen-bond donors (Lipinski definition) is 1. The van der Waals surface area contributed by atoms with Crippen molar-refractivity contribution in [2.45, 2.75) is 32.3 Å². The predicted octanol–water partition coefficient (Wildman–Crippen LogP) is 1.99. The molecule has 1 fully saturated rings. The Balaban J connectivity index is 2.06. The fraction of sp³-hybridized carbons (Fsp3) is 0.545. The molecule has 1 aliphatic rings. The molecule has 0 bridgehead atoms. The molecule has 1 saturated carbocycles. The third kappa shape index (κ3) is 2.32. The van der Waals surface area contributed by atoms with E-state index < -0.39 is 0 Å². The molecule has 0 aromatic carbocycles. The normalized spacial score (nSPS) is 15.8. The van der Waals surface area contributed by atoms with Gasteiger partial charge in [-0.1, -0.05) is 0 Å². The van der Waals surface area contributed by atoms with Gasteiger partial charge in [0.25, 0.3) is 0 Å². The van der Waals surface area contributed by atoms with Crippen molar-refractivity contribution in [2.24, 2.45) is 0 Å². The second-order valence-electron chi connectivity index (χ2n) is 3.65. The molecule has 1 aromatic rings. The van der Waals surface area contributed by atoms with Crippen molar-refractivity contribution in [2.75, 3.05) is 12.3 Å². The van der Waals surface area contributed by atoms with Crippen LogP contribution in [0.5, 0.6) is 11.8 Å². The van der Waals surface area contributed by atoms with Gasteiger partial charge in [0.2, 0.25) is 11.8 Å². The second kappa shape index (κ2) is 4.38. The molecule has 82 valence electrons. The minimum absolute atomic E-state index is 0.329. The van der Waals surface area contributed by atoms with Crippen LogP contribution in [0.2, 0.25) is 0 Å². The van der Waals surface area contributed by atoms with Gasteiger partial charge in [-0.25, -0.2) is 0 Å². The molecule has 1 aromatic heterocycles. The summed E-state index contributed by atoms with van der Waals surface area (Å²) in [6.45, 7) is 2.46. The molecule has 0 saturated heterocycles. The minimum Gasteiger partial charge on any atom is -0.476 e. The van der Waals surface area contributed by atoms with Gasteiger partial charge in [-0.3, -0.25) is 0 Å². The largest absolute Gasteiger partial charge is 0.476 e. The lowest BCUT2D eigenvalue weighted by atomic mass is 9.96. The van der Waals surface area contributed by atoms with Crippen LogP contribution in [0.3, 0.4) is 0 Å². The van der Waals surface area contributed by atoms with Crippen molar-refractivity contribution in [3.05, 3.63) is 12.1 Å². The van der Waals surface area contributed by atoms with E-state index in [0.717, 1.165) is 12.8 Å². The van der Waals surface area contributed by atoms with Gasteiger partial charge < -0.3 is 15.2 Å². The van der Waals surface area contributed by atoms with E-state index in [1.54, 1.807) is 12.1 Å². The van der Waals surface area contributed by atoms with Crippen LogP contribution in [0.15, 0.2) is 12.1 Å². The summed E-state index contributed by atoms with van der Waals surface area (Å²) in [5, 5.41) is 0. The van der Waals surface area contributed by atoms with Crippen LogP contribution >= 0.6 is 0 Å². The fourth-order valence-corrected chi connectivity index (χ4v) is 1.41. The summed E-state index contributed by atoms with van der Waals surface area (Å²) in [4.78, 5) is 4.21. The van der Waals surface area contributed by atoms with Gasteiger partial charge in [-0.15, -0.1) is 0 Å². The SMILES string of the molecule is CCOc1nc(OC2CCC2)ccc1N. The Kier molecular flexibility index (Phi) is 2.94. The van der Waals surface area contributed by atoms with Crippen LogP contribution in [0.4, 0.5) is 5.69 Å². The van der Waals surface area contributed by atoms with Gasteiger partial charge in [0.05, 0.1) is 12.3 Å². The van der Waals surface area contributed by atoms with Crippen molar-refractivity contribution in [3.8, 4) is 11.8 Å². The third-order valence-corrected chi connectivity index (χ3v) is 2.48. The van der Waals surface area contributed by atoms with Crippen molar-refractivity contribution in [1.29, 1.82) is 0 Å². The van der Waals surface area contributed by atoms with E-state index in [2.05, 4.69) is 4.98 Å². The van der Waals surface area contributed by atoms with Crippen LogP contribution in [0, 0.1) is 0 Å². The molecule has 0 atom stereocenters. The molecule has 0 unspecified atom stereocenters. The number of nitrogens with two attached hydrogens (primary N) is 1. The molecule has 4 heteroatoms. The van der Waals surface area contributed by atoms with E-state index in [9.17, 15) is 0 Å². The van der Waals surface area contributed by atoms with Crippen LogP contribution in [-0.4, -0.2) is 17.7 Å². The first-order valence-electron chi connectivity index (χ1n) is 5.35. The Bertz CT molecular complexity index is 337. The minimum atomic E-state index is 0.329. The molecule has 0 radical (unpaired) electrons. The van der Waals surface area contributed by atoms with E-state index in [4.69, 9.17) is 15.2 Å². The maximum absolute atomic E-state index is 5.71. The molecule has 0 aliphatic heterocycles. The number of aromatic nitrogens is 1. The number of rotatable bonds is 4. The summed E-state index contributed by atoms with van der Waals surface area (Å²) in [7, 11) is 0. The zero-order chi connectivity index (χ0) is 10.7. The molecule has 1 heterocycles.